The van der Waals surface area contributed by atoms with Crippen molar-refractivity contribution in [2.45, 2.75) is 22.0 Å². The molecule has 8 heteroatoms. The fourth-order valence-corrected chi connectivity index (χ4v) is 4.21. The van der Waals surface area contributed by atoms with Gasteiger partial charge in [-0.05, 0) is 34.1 Å². The summed E-state index contributed by atoms with van der Waals surface area (Å²) in [6, 6.07) is 0. The van der Waals surface area contributed by atoms with E-state index in [1.807, 2.05) is 0 Å². The summed E-state index contributed by atoms with van der Waals surface area (Å²) in [6.07, 6.45) is 0.929. The van der Waals surface area contributed by atoms with E-state index in [0.29, 0.717) is 0 Å². The van der Waals surface area contributed by atoms with E-state index in [9.17, 15) is 0 Å². The van der Waals surface area contributed by atoms with Gasteiger partial charge in [-0.25, -0.2) is 0 Å². The van der Waals surface area contributed by atoms with Crippen molar-refractivity contribution in [3.8, 4) is 0 Å². The van der Waals surface area contributed by atoms with Crippen molar-refractivity contribution < 1.29 is 0 Å². The van der Waals surface area contributed by atoms with Gasteiger partial charge in [0.1, 0.15) is 5.01 Å². The van der Waals surface area contributed by atoms with E-state index in [2.05, 4.69) is 43.2 Å². The second kappa shape index (κ2) is 4.65. The molecule has 0 N–H and O–H groups in total. The molecule has 0 aliphatic heterocycles. The molecule has 0 aliphatic rings. The third kappa shape index (κ3) is 2.50. The van der Waals surface area contributed by atoms with Gasteiger partial charge in [-0.2, -0.15) is 0 Å². The Kier molecular flexibility index (Phi) is 3.47. The van der Waals surface area contributed by atoms with Gasteiger partial charge in [0.05, 0.1) is 0 Å². The normalized spacial score (nSPS) is 10.7. The maximum Gasteiger partial charge on any atom is 0.184 e. The minimum absolute atomic E-state index is 0.792. The molecule has 0 aliphatic carbocycles. The number of nitrogens with zero attached hydrogens (tertiary/aromatic N) is 4. The maximum atomic E-state index is 4.05. The highest BCUT2D eigenvalue weighted by Crippen LogP contribution is 2.33. The molecule has 0 saturated carbocycles. The monoisotopic (exact) mass is 308 g/mol. The highest BCUT2D eigenvalue weighted by Gasteiger charge is 2.08. The van der Waals surface area contributed by atoms with Crippen LogP contribution in [0.15, 0.2) is 12.6 Å². The number of aromatic nitrogens is 4. The van der Waals surface area contributed by atoms with Crippen LogP contribution in [0.2, 0.25) is 0 Å². The Morgan fingerprint density at radius 3 is 2.43 bits per heavy atom. The summed E-state index contributed by atoms with van der Waals surface area (Å²) in [5.41, 5.74) is 0. The van der Waals surface area contributed by atoms with Gasteiger partial charge >= 0.3 is 0 Å². The van der Waals surface area contributed by atoms with E-state index in [-0.39, 0.29) is 0 Å². The van der Waals surface area contributed by atoms with Crippen molar-refractivity contribution in [3.05, 3.63) is 8.92 Å². The van der Waals surface area contributed by atoms with E-state index in [4.69, 9.17) is 0 Å². The molecule has 2 rings (SSSR count). The first-order valence-corrected chi connectivity index (χ1v) is 7.01. The smallest absolute Gasteiger partial charge is 0.143 e. The van der Waals surface area contributed by atoms with Crippen LogP contribution in [0.25, 0.3) is 0 Å². The van der Waals surface area contributed by atoms with Crippen LogP contribution >= 0.6 is 50.4 Å². The van der Waals surface area contributed by atoms with Crippen LogP contribution in [0.3, 0.4) is 0 Å². The lowest BCUT2D eigenvalue weighted by Gasteiger charge is -1.84. The van der Waals surface area contributed by atoms with Gasteiger partial charge in [0.15, 0.2) is 12.6 Å². The third-order valence-corrected chi connectivity index (χ3v) is 4.83. The van der Waals surface area contributed by atoms with Crippen LogP contribution in [-0.2, 0) is 6.42 Å². The molecule has 2 aromatic heterocycles. The summed E-state index contributed by atoms with van der Waals surface area (Å²) in [5.74, 6) is 0. The summed E-state index contributed by atoms with van der Waals surface area (Å²) in [6.45, 7) is 2.07. The first kappa shape index (κ1) is 10.5. The number of rotatable bonds is 3. The van der Waals surface area contributed by atoms with Crippen molar-refractivity contribution in [2.24, 2.45) is 0 Å². The van der Waals surface area contributed by atoms with Gasteiger partial charge in [0.25, 0.3) is 0 Å². The summed E-state index contributed by atoms with van der Waals surface area (Å²) in [7, 11) is 0. The lowest BCUT2D eigenvalue weighted by Crippen LogP contribution is -1.75. The lowest BCUT2D eigenvalue weighted by atomic mass is 10.5. The van der Waals surface area contributed by atoms with Gasteiger partial charge in [-0.15, -0.1) is 20.4 Å². The molecule has 74 valence electrons. The minimum Gasteiger partial charge on any atom is -0.143 e. The van der Waals surface area contributed by atoms with Gasteiger partial charge in [-0.3, -0.25) is 0 Å². The maximum absolute atomic E-state index is 4.05. The summed E-state index contributed by atoms with van der Waals surface area (Å²) >= 11 is 7.86. The summed E-state index contributed by atoms with van der Waals surface area (Å²) < 4.78 is 2.60. The number of hydrogen-bond donors (Lipinski definition) is 0. The van der Waals surface area contributed by atoms with Crippen LogP contribution in [-0.4, -0.2) is 20.4 Å². The Balaban J connectivity index is 2.10. The molecule has 0 saturated heterocycles. The second-order valence-corrected chi connectivity index (χ2v) is 7.05. The van der Waals surface area contributed by atoms with Gasteiger partial charge in [0, 0.05) is 0 Å². The SMILES string of the molecule is CCc1nnc(Sc2nnc(Br)s2)s1. The largest absolute Gasteiger partial charge is 0.184 e. The molecule has 0 amide bonds. The average molecular weight is 309 g/mol. The zero-order valence-corrected chi connectivity index (χ0v) is 11.1. The Morgan fingerprint density at radius 2 is 1.86 bits per heavy atom. The zero-order chi connectivity index (χ0) is 9.97. The Labute approximate surface area is 101 Å². The Morgan fingerprint density at radius 1 is 1.14 bits per heavy atom. The molecule has 0 aromatic carbocycles. The molecule has 4 nitrogen and oxygen atoms in total. The number of hydrogen-bond acceptors (Lipinski definition) is 7. The van der Waals surface area contributed by atoms with Crippen molar-refractivity contribution in [1.82, 2.24) is 20.4 Å². The van der Waals surface area contributed by atoms with E-state index < -0.39 is 0 Å². The number of halogens is 1. The van der Waals surface area contributed by atoms with E-state index in [0.717, 1.165) is 24.0 Å². The molecule has 0 spiro atoms. The van der Waals surface area contributed by atoms with Crippen LogP contribution < -0.4 is 0 Å². The third-order valence-electron chi connectivity index (χ3n) is 1.31. The van der Waals surface area contributed by atoms with Crippen molar-refractivity contribution in [3.63, 3.8) is 0 Å². The first-order valence-electron chi connectivity index (χ1n) is 3.77. The molecule has 0 unspecified atom stereocenters. The molecule has 2 aromatic rings. The highest BCUT2D eigenvalue weighted by molar-refractivity contribution is 9.11. The minimum atomic E-state index is 0.792. The van der Waals surface area contributed by atoms with Crippen molar-refractivity contribution in [2.75, 3.05) is 0 Å². The highest BCUT2D eigenvalue weighted by atomic mass is 79.9. The summed E-state index contributed by atoms with van der Waals surface area (Å²) in [4.78, 5) is 0. The molecule has 0 bridgehead atoms. The van der Waals surface area contributed by atoms with Crippen molar-refractivity contribution in [1.29, 1.82) is 0 Å². The fraction of sp³-hybridized carbons (Fsp3) is 0.333. The predicted octanol–water partition coefficient (Wildman–Crippen LogP) is 2.87. The Bertz CT molecular complexity index is 426. The molecule has 14 heavy (non-hydrogen) atoms. The molecule has 0 radical (unpaired) electrons. The van der Waals surface area contributed by atoms with Gasteiger partial charge < -0.3 is 0 Å². The van der Waals surface area contributed by atoms with Crippen LogP contribution in [0.1, 0.15) is 11.9 Å². The molecular formula is C6H5BrN4S3. The predicted molar refractivity (Wildman–Crippen MR) is 61.0 cm³/mol. The van der Waals surface area contributed by atoms with E-state index in [1.165, 1.54) is 23.1 Å². The van der Waals surface area contributed by atoms with E-state index >= 15 is 0 Å². The first-order chi connectivity index (χ1) is 6.78. The standard InChI is InChI=1S/C6H5BrN4S3/c1-2-3-8-10-5(12-3)14-6-11-9-4(7)13-6/h2H2,1H3. The summed E-state index contributed by atoms with van der Waals surface area (Å²) in [5, 5.41) is 17.0. The van der Waals surface area contributed by atoms with Crippen molar-refractivity contribution >= 4 is 50.4 Å². The molecule has 0 atom stereocenters. The van der Waals surface area contributed by atoms with Crippen LogP contribution in [0.5, 0.6) is 0 Å². The average Bonchev–Trinajstić information content (AvgIpc) is 2.76. The molecule has 2 heterocycles. The zero-order valence-electron chi connectivity index (χ0n) is 7.10. The second-order valence-electron chi connectivity index (χ2n) is 2.24. The topological polar surface area (TPSA) is 51.6 Å². The van der Waals surface area contributed by atoms with Gasteiger partial charge in [0.2, 0.25) is 0 Å². The Hall–Kier alpha value is -0.0500. The van der Waals surface area contributed by atoms with E-state index in [1.54, 1.807) is 11.3 Å². The molecule has 0 fully saturated rings. The molecular weight excluding hydrogens is 304 g/mol. The fourth-order valence-electron chi connectivity index (χ4n) is 0.731. The lowest BCUT2D eigenvalue weighted by molar-refractivity contribution is 0.940. The quantitative estimate of drug-likeness (QED) is 0.872. The number of aryl methyl sites for hydroxylation is 1. The van der Waals surface area contributed by atoms with Crippen LogP contribution in [0.4, 0.5) is 0 Å². The van der Waals surface area contributed by atoms with Gasteiger partial charge in [-0.1, -0.05) is 29.6 Å². The van der Waals surface area contributed by atoms with Crippen LogP contribution in [0, 0.1) is 0 Å².